The molecule has 4 nitrogen and oxygen atoms in total. The largest absolute Gasteiger partial charge is 0.379 e. The number of rotatable bonds is 5. The average molecular weight is 365 g/mol. The Hall–Kier alpha value is -2.92. The summed E-state index contributed by atoms with van der Waals surface area (Å²) in [6, 6.07) is 20.9. The van der Waals surface area contributed by atoms with E-state index in [1.54, 1.807) is 42.6 Å². The van der Waals surface area contributed by atoms with E-state index in [4.69, 9.17) is 4.18 Å². The molecule has 0 atom stereocenters. The summed E-state index contributed by atoms with van der Waals surface area (Å²) >= 11 is 0. The second kappa shape index (κ2) is 7.54. The van der Waals surface area contributed by atoms with Gasteiger partial charge in [-0.2, -0.15) is 8.42 Å². The van der Waals surface area contributed by atoms with E-state index >= 15 is 0 Å². The first-order chi connectivity index (χ1) is 12.4. The van der Waals surface area contributed by atoms with Gasteiger partial charge in [0.15, 0.2) is 0 Å². The molecule has 0 heterocycles. The molecule has 0 spiro atoms. The van der Waals surface area contributed by atoms with Crippen molar-refractivity contribution in [2.75, 3.05) is 0 Å². The molecule has 132 valence electrons. The van der Waals surface area contributed by atoms with Crippen LogP contribution in [0.5, 0.6) is 5.75 Å². The van der Waals surface area contributed by atoms with E-state index in [9.17, 15) is 8.42 Å². The third kappa shape index (κ3) is 4.37. The highest BCUT2D eigenvalue weighted by Crippen LogP contribution is 2.21. The van der Waals surface area contributed by atoms with Crippen molar-refractivity contribution in [2.45, 2.75) is 18.7 Å². The topological polar surface area (TPSA) is 55.7 Å². The van der Waals surface area contributed by atoms with Gasteiger partial charge in [-0.15, -0.1) is 0 Å². The summed E-state index contributed by atoms with van der Waals surface area (Å²) in [5.74, 6) is 0.249. The van der Waals surface area contributed by atoms with Crippen molar-refractivity contribution in [1.82, 2.24) is 0 Å². The van der Waals surface area contributed by atoms with Crippen LogP contribution in [0.15, 0.2) is 82.7 Å². The maximum atomic E-state index is 12.3. The minimum absolute atomic E-state index is 0.120. The van der Waals surface area contributed by atoms with Gasteiger partial charge in [-0.1, -0.05) is 48.0 Å². The summed E-state index contributed by atoms with van der Waals surface area (Å²) in [6.45, 7) is 4.04. The van der Waals surface area contributed by atoms with Crippen molar-refractivity contribution in [3.63, 3.8) is 0 Å². The van der Waals surface area contributed by atoms with Gasteiger partial charge in [0, 0.05) is 6.21 Å². The highest BCUT2D eigenvalue weighted by molar-refractivity contribution is 7.87. The van der Waals surface area contributed by atoms with Gasteiger partial charge in [0.25, 0.3) is 0 Å². The van der Waals surface area contributed by atoms with Crippen LogP contribution in [0.1, 0.15) is 16.7 Å². The third-order valence-corrected chi connectivity index (χ3v) is 5.06. The van der Waals surface area contributed by atoms with Crippen LogP contribution in [0.25, 0.3) is 0 Å². The fourth-order valence-corrected chi connectivity index (χ4v) is 3.45. The summed E-state index contributed by atoms with van der Waals surface area (Å²) in [5.41, 5.74) is 3.90. The SMILES string of the molecule is Cc1ccc(N=Cc2cccc(OS(=O)(=O)c3ccccc3)c2)c(C)c1. The highest BCUT2D eigenvalue weighted by atomic mass is 32.2. The van der Waals surface area contributed by atoms with Crippen molar-refractivity contribution in [3.05, 3.63) is 89.5 Å². The van der Waals surface area contributed by atoms with Crippen LogP contribution in [-0.4, -0.2) is 14.6 Å². The van der Waals surface area contributed by atoms with Crippen molar-refractivity contribution < 1.29 is 12.6 Å². The fourth-order valence-electron chi connectivity index (χ4n) is 2.50. The number of hydrogen-bond acceptors (Lipinski definition) is 4. The zero-order chi connectivity index (χ0) is 18.6. The number of hydrogen-bond donors (Lipinski definition) is 0. The number of nitrogens with zero attached hydrogens (tertiary/aromatic N) is 1. The summed E-state index contributed by atoms with van der Waals surface area (Å²) in [7, 11) is -3.85. The molecule has 0 amide bonds. The van der Waals surface area contributed by atoms with Crippen LogP contribution in [0, 0.1) is 13.8 Å². The molecule has 3 aromatic carbocycles. The summed E-state index contributed by atoms with van der Waals surface area (Å²) in [4.78, 5) is 4.60. The van der Waals surface area contributed by atoms with E-state index in [-0.39, 0.29) is 10.6 Å². The lowest BCUT2D eigenvalue weighted by Gasteiger charge is -2.07. The molecule has 3 rings (SSSR count). The molecular formula is C21H19NO3S. The molecule has 0 N–H and O–H groups in total. The first kappa shape index (κ1) is 17.9. The monoisotopic (exact) mass is 365 g/mol. The molecule has 0 bridgehead atoms. The van der Waals surface area contributed by atoms with Crippen molar-refractivity contribution in [3.8, 4) is 5.75 Å². The van der Waals surface area contributed by atoms with E-state index in [0.717, 1.165) is 16.8 Å². The number of aliphatic imine (C=N–C) groups is 1. The fraction of sp³-hybridized carbons (Fsp3) is 0.0952. The van der Waals surface area contributed by atoms with Gasteiger partial charge >= 0.3 is 10.1 Å². The van der Waals surface area contributed by atoms with E-state index in [0.29, 0.717) is 0 Å². The predicted molar refractivity (Wildman–Crippen MR) is 104 cm³/mol. The Morgan fingerprint density at radius 1 is 0.885 bits per heavy atom. The Kier molecular flexibility index (Phi) is 5.19. The van der Waals surface area contributed by atoms with Crippen LogP contribution in [0.3, 0.4) is 0 Å². The standard InChI is InChI=1S/C21H19NO3S/c1-16-11-12-21(17(2)13-16)22-15-18-7-6-8-19(14-18)25-26(23,24)20-9-4-3-5-10-20/h3-15H,1-2H3. The van der Waals surface area contributed by atoms with Gasteiger partial charge in [-0.25, -0.2) is 0 Å². The first-order valence-corrected chi connectivity index (χ1v) is 9.56. The quantitative estimate of drug-likeness (QED) is 0.481. The minimum Gasteiger partial charge on any atom is -0.379 e. The Morgan fingerprint density at radius 2 is 1.65 bits per heavy atom. The lowest BCUT2D eigenvalue weighted by atomic mass is 10.1. The molecule has 0 fully saturated rings. The van der Waals surface area contributed by atoms with E-state index in [2.05, 4.69) is 11.1 Å². The number of aryl methyl sites for hydroxylation is 2. The zero-order valence-corrected chi connectivity index (χ0v) is 15.4. The highest BCUT2D eigenvalue weighted by Gasteiger charge is 2.15. The Morgan fingerprint density at radius 3 is 2.38 bits per heavy atom. The molecule has 0 saturated carbocycles. The molecule has 5 heteroatoms. The molecule has 3 aromatic rings. The van der Waals surface area contributed by atoms with Crippen molar-refractivity contribution >= 4 is 22.0 Å². The van der Waals surface area contributed by atoms with Crippen molar-refractivity contribution in [1.29, 1.82) is 0 Å². The second-order valence-corrected chi connectivity index (χ2v) is 7.52. The molecular weight excluding hydrogens is 346 g/mol. The maximum absolute atomic E-state index is 12.3. The van der Waals surface area contributed by atoms with Gasteiger partial charge in [0.05, 0.1) is 5.69 Å². The van der Waals surface area contributed by atoms with Crippen LogP contribution >= 0.6 is 0 Å². The van der Waals surface area contributed by atoms with Crippen LogP contribution in [-0.2, 0) is 10.1 Å². The molecule has 0 aromatic heterocycles. The summed E-state index contributed by atoms with van der Waals surface area (Å²) in [5, 5.41) is 0. The van der Waals surface area contributed by atoms with Gasteiger partial charge < -0.3 is 4.18 Å². The average Bonchev–Trinajstić information content (AvgIpc) is 2.62. The zero-order valence-electron chi connectivity index (χ0n) is 14.6. The van der Waals surface area contributed by atoms with Gasteiger partial charge in [-0.3, -0.25) is 4.99 Å². The summed E-state index contributed by atoms with van der Waals surface area (Å²) < 4.78 is 29.9. The molecule has 0 aliphatic carbocycles. The van der Waals surface area contributed by atoms with Gasteiger partial charge in [0.1, 0.15) is 10.6 Å². The third-order valence-electron chi connectivity index (χ3n) is 3.80. The minimum atomic E-state index is -3.85. The lowest BCUT2D eigenvalue weighted by Crippen LogP contribution is -2.09. The molecule has 0 aliphatic rings. The number of benzene rings is 3. The molecule has 0 saturated heterocycles. The maximum Gasteiger partial charge on any atom is 0.339 e. The van der Waals surface area contributed by atoms with Crippen LogP contribution < -0.4 is 4.18 Å². The Labute approximate surface area is 153 Å². The smallest absolute Gasteiger partial charge is 0.339 e. The Bertz CT molecular complexity index is 1040. The molecule has 0 unspecified atom stereocenters. The van der Waals surface area contributed by atoms with Gasteiger partial charge in [-0.05, 0) is 55.3 Å². The lowest BCUT2D eigenvalue weighted by molar-refractivity contribution is 0.486. The van der Waals surface area contributed by atoms with Crippen molar-refractivity contribution in [2.24, 2.45) is 4.99 Å². The second-order valence-electron chi connectivity index (χ2n) is 5.97. The molecule has 0 radical (unpaired) electrons. The Balaban J connectivity index is 1.81. The van der Waals surface area contributed by atoms with E-state index in [1.807, 2.05) is 32.0 Å². The van der Waals surface area contributed by atoms with E-state index < -0.39 is 10.1 Å². The van der Waals surface area contributed by atoms with Crippen LogP contribution in [0.4, 0.5) is 5.69 Å². The van der Waals surface area contributed by atoms with Gasteiger partial charge in [0.2, 0.25) is 0 Å². The summed E-state index contributed by atoms with van der Waals surface area (Å²) in [6.07, 6.45) is 1.69. The molecule has 26 heavy (non-hydrogen) atoms. The normalized spacial score (nSPS) is 11.6. The first-order valence-electron chi connectivity index (χ1n) is 8.15. The molecule has 0 aliphatic heterocycles. The van der Waals surface area contributed by atoms with Crippen LogP contribution in [0.2, 0.25) is 0 Å². The van der Waals surface area contributed by atoms with E-state index in [1.165, 1.54) is 17.7 Å². The predicted octanol–water partition coefficient (Wildman–Crippen LogP) is 4.82.